The lowest BCUT2D eigenvalue weighted by molar-refractivity contribution is -0.254. The molecule has 3 heteroatoms. The summed E-state index contributed by atoms with van der Waals surface area (Å²) < 4.78 is 1.29. The average molecular weight is 402 g/mol. The van der Waals surface area contributed by atoms with E-state index >= 15 is 0 Å². The van der Waals surface area contributed by atoms with Crippen LogP contribution in [-0.2, 0) is 0 Å². The highest BCUT2D eigenvalue weighted by Crippen LogP contribution is 2.74. The SMILES string of the molecule is C=C(CN)C1C(C(CCN)CCCCI)C2C3CCC3C12. The normalized spacial score (nSPS) is 41.1. The molecule has 0 aromatic carbocycles. The Morgan fingerprint density at radius 2 is 1.81 bits per heavy atom. The molecule has 0 amide bonds. The fraction of sp³-hybridized carbons (Fsp3) is 0.889. The molecule has 3 aliphatic rings. The third-order valence-corrected chi connectivity index (χ3v) is 7.63. The van der Waals surface area contributed by atoms with Gasteiger partial charge in [0.1, 0.15) is 0 Å². The molecule has 3 rings (SSSR count). The topological polar surface area (TPSA) is 52.0 Å². The molecule has 3 aliphatic carbocycles. The largest absolute Gasteiger partial charge is 0.330 e. The van der Waals surface area contributed by atoms with E-state index in [4.69, 9.17) is 11.5 Å². The van der Waals surface area contributed by atoms with E-state index in [0.29, 0.717) is 6.54 Å². The van der Waals surface area contributed by atoms with Gasteiger partial charge in [-0.05, 0) is 78.1 Å². The zero-order chi connectivity index (χ0) is 15.0. The second kappa shape index (κ2) is 6.88. The molecule has 0 spiro atoms. The molecule has 21 heavy (non-hydrogen) atoms. The number of hydrogen-bond acceptors (Lipinski definition) is 2. The maximum absolute atomic E-state index is 5.95. The third-order valence-electron chi connectivity index (χ3n) is 6.86. The molecule has 0 aliphatic heterocycles. The Morgan fingerprint density at radius 1 is 1.10 bits per heavy atom. The lowest BCUT2D eigenvalue weighted by atomic mass is 9.30. The number of halogens is 1. The summed E-state index contributed by atoms with van der Waals surface area (Å²) in [7, 11) is 0. The Labute approximate surface area is 143 Å². The van der Waals surface area contributed by atoms with Crippen molar-refractivity contribution in [2.24, 2.45) is 52.9 Å². The minimum absolute atomic E-state index is 0.685. The fourth-order valence-corrected chi connectivity index (χ4v) is 6.40. The van der Waals surface area contributed by atoms with Gasteiger partial charge in [0, 0.05) is 6.54 Å². The van der Waals surface area contributed by atoms with Crippen molar-refractivity contribution < 1.29 is 0 Å². The van der Waals surface area contributed by atoms with E-state index in [-0.39, 0.29) is 0 Å². The standard InChI is InChI=1S/C18H31IN2/c1-11(10-21)15-16(12(7-9-20)4-2-3-8-19)18-14-6-5-13(14)17(15)18/h12-18H,1-10,20-21H2. The summed E-state index contributed by atoms with van der Waals surface area (Å²) in [5.41, 5.74) is 13.2. The highest BCUT2D eigenvalue weighted by molar-refractivity contribution is 14.1. The zero-order valence-electron chi connectivity index (χ0n) is 13.1. The quantitative estimate of drug-likeness (QED) is 0.268. The zero-order valence-corrected chi connectivity index (χ0v) is 15.3. The van der Waals surface area contributed by atoms with Gasteiger partial charge in [-0.2, -0.15) is 0 Å². The maximum Gasteiger partial charge on any atom is 0.0137 e. The minimum Gasteiger partial charge on any atom is -0.330 e. The minimum atomic E-state index is 0.685. The van der Waals surface area contributed by atoms with Gasteiger partial charge in [0.05, 0.1) is 0 Å². The van der Waals surface area contributed by atoms with Crippen molar-refractivity contribution in [3.63, 3.8) is 0 Å². The van der Waals surface area contributed by atoms with Gasteiger partial charge >= 0.3 is 0 Å². The molecule has 0 radical (unpaired) electrons. The molecule has 7 atom stereocenters. The van der Waals surface area contributed by atoms with Crippen molar-refractivity contribution >= 4 is 22.6 Å². The van der Waals surface area contributed by atoms with Crippen LogP contribution in [0.5, 0.6) is 0 Å². The molecule has 0 aromatic heterocycles. The number of rotatable bonds is 9. The molecule has 0 bridgehead atoms. The van der Waals surface area contributed by atoms with Crippen LogP contribution in [0.15, 0.2) is 12.2 Å². The first-order valence-electron chi connectivity index (χ1n) is 8.88. The number of hydrogen-bond donors (Lipinski definition) is 2. The monoisotopic (exact) mass is 402 g/mol. The maximum atomic E-state index is 5.95. The van der Waals surface area contributed by atoms with Crippen LogP contribution >= 0.6 is 22.6 Å². The van der Waals surface area contributed by atoms with Crippen molar-refractivity contribution in [1.29, 1.82) is 0 Å². The fourth-order valence-electron chi connectivity index (χ4n) is 5.86. The molecular weight excluding hydrogens is 371 g/mol. The van der Waals surface area contributed by atoms with Gasteiger partial charge in [-0.1, -0.05) is 47.6 Å². The number of alkyl halides is 1. The third kappa shape index (κ3) is 2.61. The van der Waals surface area contributed by atoms with Crippen LogP contribution in [0.1, 0.15) is 38.5 Å². The van der Waals surface area contributed by atoms with Gasteiger partial charge in [-0.15, -0.1) is 0 Å². The summed E-state index contributed by atoms with van der Waals surface area (Å²) in [6.45, 7) is 5.86. The molecule has 0 saturated heterocycles. The molecular formula is C18H31IN2. The van der Waals surface area contributed by atoms with Crippen molar-refractivity contribution in [3.8, 4) is 0 Å². The van der Waals surface area contributed by atoms with E-state index in [1.54, 1.807) is 0 Å². The summed E-state index contributed by atoms with van der Waals surface area (Å²) in [5, 5.41) is 0. The van der Waals surface area contributed by atoms with E-state index in [1.165, 1.54) is 48.5 Å². The van der Waals surface area contributed by atoms with Crippen LogP contribution in [0.25, 0.3) is 0 Å². The molecule has 2 nitrogen and oxygen atoms in total. The summed E-state index contributed by atoms with van der Waals surface area (Å²) >= 11 is 2.50. The number of unbranched alkanes of at least 4 members (excludes halogenated alkanes) is 1. The van der Waals surface area contributed by atoms with Gasteiger partial charge in [-0.3, -0.25) is 0 Å². The van der Waals surface area contributed by atoms with Crippen LogP contribution in [0.4, 0.5) is 0 Å². The predicted octanol–water partition coefficient (Wildman–Crippen LogP) is 3.59. The molecule has 4 N–H and O–H groups in total. The van der Waals surface area contributed by atoms with E-state index in [2.05, 4.69) is 29.2 Å². The van der Waals surface area contributed by atoms with Gasteiger partial charge in [0.15, 0.2) is 0 Å². The summed E-state index contributed by atoms with van der Waals surface area (Å²) in [5.74, 6) is 6.49. The first-order valence-corrected chi connectivity index (χ1v) is 10.4. The Balaban J connectivity index is 1.68. The molecule has 0 aromatic rings. The molecule has 0 heterocycles. The Hall–Kier alpha value is 0.390. The highest BCUT2D eigenvalue weighted by atomic mass is 127. The average Bonchev–Trinajstić information content (AvgIpc) is 2.46. The molecule has 7 unspecified atom stereocenters. The van der Waals surface area contributed by atoms with Crippen LogP contribution in [0, 0.1) is 41.4 Å². The first-order chi connectivity index (χ1) is 10.2. The second-order valence-corrected chi connectivity index (χ2v) is 8.63. The summed E-state index contributed by atoms with van der Waals surface area (Å²) in [4.78, 5) is 0. The van der Waals surface area contributed by atoms with Crippen LogP contribution in [0.3, 0.4) is 0 Å². The van der Waals surface area contributed by atoms with Gasteiger partial charge in [-0.25, -0.2) is 0 Å². The highest BCUT2D eigenvalue weighted by Gasteiger charge is 2.69. The lowest BCUT2D eigenvalue weighted by Gasteiger charge is -2.74. The Bertz CT molecular complexity index is 383. The number of fused-ring (bicyclic) bond motifs is 4. The first kappa shape index (κ1) is 16.3. The van der Waals surface area contributed by atoms with Crippen molar-refractivity contribution in [1.82, 2.24) is 0 Å². The van der Waals surface area contributed by atoms with E-state index in [0.717, 1.165) is 48.0 Å². The van der Waals surface area contributed by atoms with E-state index in [9.17, 15) is 0 Å². The molecule has 3 saturated carbocycles. The van der Waals surface area contributed by atoms with Crippen molar-refractivity contribution in [3.05, 3.63) is 12.2 Å². The summed E-state index contributed by atoms with van der Waals surface area (Å²) in [6, 6.07) is 0. The smallest absolute Gasteiger partial charge is 0.0137 e. The van der Waals surface area contributed by atoms with Crippen LogP contribution in [0.2, 0.25) is 0 Å². The Morgan fingerprint density at radius 3 is 2.38 bits per heavy atom. The number of nitrogens with two attached hydrogens (primary N) is 2. The van der Waals surface area contributed by atoms with Crippen LogP contribution in [-0.4, -0.2) is 17.5 Å². The molecule has 120 valence electrons. The van der Waals surface area contributed by atoms with Gasteiger partial charge in [0.2, 0.25) is 0 Å². The van der Waals surface area contributed by atoms with Gasteiger partial charge in [0.25, 0.3) is 0 Å². The predicted molar refractivity (Wildman–Crippen MR) is 98.3 cm³/mol. The van der Waals surface area contributed by atoms with Crippen LogP contribution < -0.4 is 11.5 Å². The van der Waals surface area contributed by atoms with E-state index in [1.807, 2.05) is 0 Å². The van der Waals surface area contributed by atoms with Gasteiger partial charge < -0.3 is 11.5 Å². The Kier molecular flexibility index (Phi) is 5.32. The summed E-state index contributed by atoms with van der Waals surface area (Å²) in [6.07, 6.45) is 8.28. The van der Waals surface area contributed by atoms with Crippen molar-refractivity contribution in [2.75, 3.05) is 17.5 Å². The lowest BCUT2D eigenvalue weighted by Crippen LogP contribution is -2.70. The second-order valence-electron chi connectivity index (χ2n) is 7.55. The molecule has 3 fully saturated rings. The van der Waals surface area contributed by atoms with E-state index < -0.39 is 0 Å². The van der Waals surface area contributed by atoms with Crippen molar-refractivity contribution in [2.45, 2.75) is 38.5 Å².